The second-order valence-corrected chi connectivity index (χ2v) is 13.2. The standard InChI is InChI=1S/C41H32N2O/c1-25-13-17-36-31(21-25)29-9-5-7-11-35(29)42(36)27-15-19-38-33(23-27)32-22-26(41(2,3)4)14-18-37(32)43(38)28-16-20-40-34(24-28)30-10-6-8-12-39(30)44-40/h5-24H,1-4H3. The van der Waals surface area contributed by atoms with Crippen molar-refractivity contribution in [2.45, 2.75) is 33.1 Å². The molecule has 9 aromatic rings. The van der Waals surface area contributed by atoms with Crippen LogP contribution in [-0.2, 0) is 5.41 Å². The number of aromatic nitrogens is 2. The molecule has 0 saturated carbocycles. The molecule has 3 nitrogen and oxygen atoms in total. The van der Waals surface area contributed by atoms with E-state index in [1.54, 1.807) is 0 Å². The van der Waals surface area contributed by atoms with Gasteiger partial charge in [0, 0.05) is 43.7 Å². The first kappa shape index (κ1) is 25.2. The van der Waals surface area contributed by atoms with Gasteiger partial charge in [-0.1, -0.05) is 74.9 Å². The minimum absolute atomic E-state index is 0.0412. The summed E-state index contributed by atoms with van der Waals surface area (Å²) in [5, 5.41) is 7.37. The molecular weight excluding hydrogens is 536 g/mol. The summed E-state index contributed by atoms with van der Waals surface area (Å²) in [5.41, 5.74) is 11.6. The number of para-hydroxylation sites is 2. The largest absolute Gasteiger partial charge is 0.456 e. The molecule has 0 saturated heterocycles. The lowest BCUT2D eigenvalue weighted by Gasteiger charge is -2.19. The molecule has 0 spiro atoms. The van der Waals surface area contributed by atoms with Gasteiger partial charge in [-0.05, 0) is 90.7 Å². The van der Waals surface area contributed by atoms with Crippen molar-refractivity contribution in [3.8, 4) is 11.4 Å². The van der Waals surface area contributed by atoms with E-state index in [2.05, 4.69) is 146 Å². The Hall–Kier alpha value is -5.28. The quantitative estimate of drug-likeness (QED) is 0.203. The summed E-state index contributed by atoms with van der Waals surface area (Å²) in [5.74, 6) is 0. The molecule has 0 bridgehead atoms. The number of aryl methyl sites for hydroxylation is 1. The van der Waals surface area contributed by atoms with Crippen molar-refractivity contribution in [2.24, 2.45) is 0 Å². The first-order valence-corrected chi connectivity index (χ1v) is 15.4. The third-order valence-electron chi connectivity index (χ3n) is 9.32. The minimum Gasteiger partial charge on any atom is -0.456 e. The molecule has 0 aliphatic rings. The van der Waals surface area contributed by atoms with E-state index < -0.39 is 0 Å². The molecular formula is C41H32N2O. The smallest absolute Gasteiger partial charge is 0.135 e. The summed E-state index contributed by atoms with van der Waals surface area (Å²) in [4.78, 5) is 0. The molecule has 3 heterocycles. The molecule has 6 aromatic carbocycles. The van der Waals surface area contributed by atoms with Crippen molar-refractivity contribution in [1.82, 2.24) is 9.13 Å². The molecule has 0 unspecified atom stereocenters. The molecule has 44 heavy (non-hydrogen) atoms. The molecule has 9 rings (SSSR count). The summed E-state index contributed by atoms with van der Waals surface area (Å²) >= 11 is 0. The van der Waals surface area contributed by atoms with Crippen molar-refractivity contribution < 1.29 is 4.42 Å². The maximum Gasteiger partial charge on any atom is 0.135 e. The Kier molecular flexibility index (Phi) is 5.09. The van der Waals surface area contributed by atoms with Crippen LogP contribution in [0, 0.1) is 6.92 Å². The van der Waals surface area contributed by atoms with Crippen LogP contribution in [0.1, 0.15) is 31.9 Å². The first-order chi connectivity index (χ1) is 21.3. The number of hydrogen-bond acceptors (Lipinski definition) is 1. The van der Waals surface area contributed by atoms with Gasteiger partial charge in [0.2, 0.25) is 0 Å². The Bertz CT molecular complexity index is 2600. The third kappa shape index (κ3) is 3.56. The van der Waals surface area contributed by atoms with Crippen molar-refractivity contribution in [3.63, 3.8) is 0 Å². The zero-order valence-electron chi connectivity index (χ0n) is 25.3. The maximum atomic E-state index is 6.18. The highest BCUT2D eigenvalue weighted by atomic mass is 16.3. The van der Waals surface area contributed by atoms with Crippen LogP contribution < -0.4 is 0 Å². The van der Waals surface area contributed by atoms with Crippen LogP contribution in [-0.4, -0.2) is 9.13 Å². The van der Waals surface area contributed by atoms with E-state index in [1.165, 1.54) is 60.4 Å². The van der Waals surface area contributed by atoms with Gasteiger partial charge in [0.15, 0.2) is 0 Å². The molecule has 0 aliphatic heterocycles. The highest BCUT2D eigenvalue weighted by Gasteiger charge is 2.20. The fourth-order valence-corrected chi connectivity index (χ4v) is 7.11. The van der Waals surface area contributed by atoms with Gasteiger partial charge < -0.3 is 13.6 Å². The van der Waals surface area contributed by atoms with Crippen molar-refractivity contribution in [1.29, 1.82) is 0 Å². The Labute approximate surface area is 255 Å². The summed E-state index contributed by atoms with van der Waals surface area (Å²) in [6.07, 6.45) is 0. The van der Waals surface area contributed by atoms with Crippen molar-refractivity contribution in [2.75, 3.05) is 0 Å². The Morgan fingerprint density at radius 1 is 0.455 bits per heavy atom. The topological polar surface area (TPSA) is 23.0 Å². The number of furan rings is 1. The van der Waals surface area contributed by atoms with Gasteiger partial charge in [0.1, 0.15) is 11.2 Å². The fourth-order valence-electron chi connectivity index (χ4n) is 7.11. The maximum absolute atomic E-state index is 6.18. The van der Waals surface area contributed by atoms with E-state index >= 15 is 0 Å². The van der Waals surface area contributed by atoms with E-state index in [4.69, 9.17) is 4.42 Å². The Morgan fingerprint density at radius 3 is 1.77 bits per heavy atom. The second kappa shape index (κ2) is 8.87. The van der Waals surface area contributed by atoms with Gasteiger partial charge in [0.25, 0.3) is 0 Å². The summed E-state index contributed by atoms with van der Waals surface area (Å²) in [6.45, 7) is 9.04. The van der Waals surface area contributed by atoms with Crippen LogP contribution in [0.3, 0.4) is 0 Å². The molecule has 3 aromatic heterocycles. The van der Waals surface area contributed by atoms with Crippen LogP contribution in [0.5, 0.6) is 0 Å². The highest BCUT2D eigenvalue weighted by molar-refractivity contribution is 6.13. The highest BCUT2D eigenvalue weighted by Crippen LogP contribution is 2.40. The average molecular weight is 569 g/mol. The molecule has 0 aliphatic carbocycles. The number of nitrogens with zero attached hydrogens (tertiary/aromatic N) is 2. The summed E-state index contributed by atoms with van der Waals surface area (Å²) < 4.78 is 11.0. The number of hydrogen-bond donors (Lipinski definition) is 0. The predicted octanol–water partition coefficient (Wildman–Crippen LogP) is 11.4. The number of rotatable bonds is 2. The lowest BCUT2D eigenvalue weighted by Crippen LogP contribution is -2.10. The van der Waals surface area contributed by atoms with Gasteiger partial charge in [0.05, 0.1) is 22.1 Å². The SMILES string of the molecule is Cc1ccc2c(c1)c1ccccc1n2-c1ccc2c(c1)c1cc(C(C)(C)C)ccc1n2-c1ccc2oc3ccccc3c2c1. The van der Waals surface area contributed by atoms with Gasteiger partial charge in [-0.2, -0.15) is 0 Å². The van der Waals surface area contributed by atoms with E-state index in [0.29, 0.717) is 0 Å². The Balaban J connectivity index is 1.36. The monoisotopic (exact) mass is 568 g/mol. The zero-order valence-corrected chi connectivity index (χ0v) is 25.3. The van der Waals surface area contributed by atoms with E-state index in [9.17, 15) is 0 Å². The third-order valence-corrected chi connectivity index (χ3v) is 9.32. The molecule has 0 amide bonds. The van der Waals surface area contributed by atoms with E-state index in [0.717, 1.165) is 27.6 Å². The number of fused-ring (bicyclic) bond motifs is 9. The lowest BCUT2D eigenvalue weighted by molar-refractivity contribution is 0.591. The van der Waals surface area contributed by atoms with Gasteiger partial charge in [-0.15, -0.1) is 0 Å². The molecule has 0 N–H and O–H groups in total. The van der Waals surface area contributed by atoms with Crippen LogP contribution in [0.15, 0.2) is 126 Å². The minimum atomic E-state index is 0.0412. The normalized spacial score (nSPS) is 12.5. The second-order valence-electron chi connectivity index (χ2n) is 13.2. The van der Waals surface area contributed by atoms with Gasteiger partial charge >= 0.3 is 0 Å². The summed E-state index contributed by atoms with van der Waals surface area (Å²) in [7, 11) is 0. The molecule has 0 atom stereocenters. The lowest BCUT2D eigenvalue weighted by atomic mass is 9.86. The first-order valence-electron chi connectivity index (χ1n) is 15.4. The van der Waals surface area contributed by atoms with Gasteiger partial charge in [-0.25, -0.2) is 0 Å². The average Bonchev–Trinajstić information content (AvgIpc) is 3.67. The van der Waals surface area contributed by atoms with Crippen LogP contribution in [0.2, 0.25) is 0 Å². The fraction of sp³-hybridized carbons (Fsp3) is 0.122. The zero-order chi connectivity index (χ0) is 29.7. The molecule has 212 valence electrons. The molecule has 0 radical (unpaired) electrons. The van der Waals surface area contributed by atoms with Crippen molar-refractivity contribution in [3.05, 3.63) is 132 Å². The van der Waals surface area contributed by atoms with Crippen LogP contribution in [0.4, 0.5) is 0 Å². The van der Waals surface area contributed by atoms with E-state index in [-0.39, 0.29) is 5.41 Å². The van der Waals surface area contributed by atoms with Gasteiger partial charge in [-0.3, -0.25) is 0 Å². The molecule has 0 fully saturated rings. The van der Waals surface area contributed by atoms with Crippen molar-refractivity contribution >= 4 is 65.6 Å². The Morgan fingerprint density at radius 2 is 1.00 bits per heavy atom. The molecule has 3 heteroatoms. The summed E-state index contributed by atoms with van der Waals surface area (Å²) in [6, 6.07) is 44.4. The van der Waals surface area contributed by atoms with E-state index in [1.807, 2.05) is 12.1 Å². The predicted molar refractivity (Wildman–Crippen MR) is 186 cm³/mol. The van der Waals surface area contributed by atoms with Crippen LogP contribution >= 0.6 is 0 Å². The number of benzene rings is 6. The van der Waals surface area contributed by atoms with Crippen LogP contribution in [0.25, 0.3) is 76.9 Å².